The average Bonchev–Trinajstić information content (AvgIpc) is 2.77. The number of aromatic nitrogens is 2. The molecule has 17 heavy (non-hydrogen) atoms. The van der Waals surface area contributed by atoms with Crippen LogP contribution in [0.4, 0.5) is 5.13 Å². The van der Waals surface area contributed by atoms with Crippen molar-refractivity contribution in [1.29, 1.82) is 0 Å². The van der Waals surface area contributed by atoms with Gasteiger partial charge in [-0.3, -0.25) is 10.1 Å². The fourth-order valence-corrected chi connectivity index (χ4v) is 2.03. The van der Waals surface area contributed by atoms with E-state index in [1.54, 1.807) is 12.1 Å². The number of carbonyl (C=O) groups is 1. The SMILES string of the molecule is Cc1ccc(C(=O)Nc2nnc(CCl)s2)cc1. The van der Waals surface area contributed by atoms with Gasteiger partial charge in [-0.2, -0.15) is 0 Å². The van der Waals surface area contributed by atoms with Gasteiger partial charge in [0.1, 0.15) is 5.01 Å². The van der Waals surface area contributed by atoms with E-state index in [1.165, 1.54) is 11.3 Å². The summed E-state index contributed by atoms with van der Waals surface area (Å²) in [4.78, 5) is 11.8. The number of aryl methyl sites for hydroxylation is 1. The Morgan fingerprint density at radius 3 is 2.65 bits per heavy atom. The Labute approximate surface area is 108 Å². The third-order valence-corrected chi connectivity index (χ3v) is 3.37. The Kier molecular flexibility index (Phi) is 3.71. The zero-order chi connectivity index (χ0) is 12.3. The van der Waals surface area contributed by atoms with Gasteiger partial charge in [-0.1, -0.05) is 29.0 Å². The number of amides is 1. The lowest BCUT2D eigenvalue weighted by atomic mass is 10.1. The molecule has 1 N–H and O–H groups in total. The van der Waals surface area contributed by atoms with Crippen LogP contribution in [0, 0.1) is 6.92 Å². The van der Waals surface area contributed by atoms with Gasteiger partial charge < -0.3 is 0 Å². The van der Waals surface area contributed by atoms with Gasteiger partial charge in [0.15, 0.2) is 0 Å². The van der Waals surface area contributed by atoms with Gasteiger partial charge in [-0.15, -0.1) is 21.8 Å². The Bertz CT molecular complexity index is 524. The first kappa shape index (κ1) is 12.0. The van der Waals surface area contributed by atoms with Crippen molar-refractivity contribution in [3.05, 3.63) is 40.4 Å². The quantitative estimate of drug-likeness (QED) is 0.870. The standard InChI is InChI=1S/C11H10ClN3OS/c1-7-2-4-8(5-3-7)10(16)13-11-15-14-9(6-12)17-11/h2-5H,6H2,1H3,(H,13,15,16). The first-order valence-corrected chi connectivity index (χ1v) is 6.30. The van der Waals surface area contributed by atoms with Crippen LogP contribution in [0.15, 0.2) is 24.3 Å². The molecule has 0 saturated heterocycles. The van der Waals surface area contributed by atoms with E-state index in [9.17, 15) is 4.79 Å². The number of hydrogen-bond acceptors (Lipinski definition) is 4. The van der Waals surface area contributed by atoms with Crippen molar-refractivity contribution >= 4 is 34.0 Å². The Balaban J connectivity index is 2.08. The summed E-state index contributed by atoms with van der Waals surface area (Å²) < 4.78 is 0. The smallest absolute Gasteiger partial charge is 0.257 e. The molecule has 0 aliphatic heterocycles. The molecule has 2 aromatic rings. The molecule has 0 aliphatic carbocycles. The maximum atomic E-state index is 11.8. The van der Waals surface area contributed by atoms with Gasteiger partial charge >= 0.3 is 0 Å². The predicted octanol–water partition coefficient (Wildman–Crippen LogP) is 2.84. The molecular weight excluding hydrogens is 258 g/mol. The maximum Gasteiger partial charge on any atom is 0.257 e. The normalized spacial score (nSPS) is 10.2. The predicted molar refractivity (Wildman–Crippen MR) is 68.6 cm³/mol. The zero-order valence-corrected chi connectivity index (χ0v) is 10.7. The van der Waals surface area contributed by atoms with Crippen molar-refractivity contribution in [2.75, 3.05) is 5.32 Å². The van der Waals surface area contributed by atoms with Crippen molar-refractivity contribution in [2.45, 2.75) is 12.8 Å². The van der Waals surface area contributed by atoms with Crippen LogP contribution in [0.3, 0.4) is 0 Å². The molecule has 0 radical (unpaired) electrons. The zero-order valence-electron chi connectivity index (χ0n) is 9.11. The molecule has 1 aromatic heterocycles. The second-order valence-corrected chi connectivity index (χ2v) is 4.78. The molecule has 0 saturated carbocycles. The lowest BCUT2D eigenvalue weighted by Gasteiger charge is -2.01. The van der Waals surface area contributed by atoms with Gasteiger partial charge in [-0.25, -0.2) is 0 Å². The minimum absolute atomic E-state index is 0.192. The average molecular weight is 268 g/mol. The van der Waals surface area contributed by atoms with Crippen molar-refractivity contribution < 1.29 is 4.79 Å². The van der Waals surface area contributed by atoms with Crippen molar-refractivity contribution in [2.24, 2.45) is 0 Å². The van der Waals surface area contributed by atoms with E-state index in [4.69, 9.17) is 11.6 Å². The number of rotatable bonds is 3. The van der Waals surface area contributed by atoms with Gasteiger partial charge in [0.2, 0.25) is 5.13 Å². The lowest BCUT2D eigenvalue weighted by molar-refractivity contribution is 0.102. The van der Waals surface area contributed by atoms with E-state index in [0.717, 1.165) is 5.56 Å². The monoisotopic (exact) mass is 267 g/mol. The maximum absolute atomic E-state index is 11.8. The Morgan fingerprint density at radius 1 is 1.35 bits per heavy atom. The number of benzene rings is 1. The number of halogens is 1. The number of hydrogen-bond donors (Lipinski definition) is 1. The molecule has 88 valence electrons. The minimum atomic E-state index is -0.192. The summed E-state index contributed by atoms with van der Waals surface area (Å²) in [7, 11) is 0. The molecular formula is C11H10ClN3OS. The highest BCUT2D eigenvalue weighted by Gasteiger charge is 2.09. The summed E-state index contributed by atoms with van der Waals surface area (Å²) in [5.41, 5.74) is 1.71. The van der Waals surface area contributed by atoms with Gasteiger partial charge in [0, 0.05) is 5.56 Å². The summed E-state index contributed by atoms with van der Waals surface area (Å²) in [6, 6.07) is 7.32. The molecule has 0 atom stereocenters. The number of nitrogens with one attached hydrogen (secondary N) is 1. The van der Waals surface area contributed by atoms with Gasteiger partial charge in [-0.05, 0) is 19.1 Å². The molecule has 0 unspecified atom stereocenters. The van der Waals surface area contributed by atoms with E-state index in [-0.39, 0.29) is 5.91 Å². The largest absolute Gasteiger partial charge is 0.296 e. The van der Waals surface area contributed by atoms with Crippen LogP contribution in [0.1, 0.15) is 20.9 Å². The van der Waals surface area contributed by atoms with Gasteiger partial charge in [0.05, 0.1) is 5.88 Å². The summed E-state index contributed by atoms with van der Waals surface area (Å²) in [6.07, 6.45) is 0. The van der Waals surface area contributed by atoms with Crippen LogP contribution in [0.5, 0.6) is 0 Å². The number of anilines is 1. The molecule has 0 spiro atoms. The van der Waals surface area contributed by atoms with E-state index in [2.05, 4.69) is 15.5 Å². The van der Waals surface area contributed by atoms with Crippen LogP contribution < -0.4 is 5.32 Å². The first-order valence-electron chi connectivity index (χ1n) is 4.95. The van der Waals surface area contributed by atoms with E-state index in [1.807, 2.05) is 19.1 Å². The second kappa shape index (κ2) is 5.25. The highest BCUT2D eigenvalue weighted by atomic mass is 35.5. The summed E-state index contributed by atoms with van der Waals surface area (Å²) in [5, 5.41) is 11.5. The summed E-state index contributed by atoms with van der Waals surface area (Å²) in [5.74, 6) is 0.111. The van der Waals surface area contributed by atoms with Gasteiger partial charge in [0.25, 0.3) is 5.91 Å². The molecule has 1 amide bonds. The summed E-state index contributed by atoms with van der Waals surface area (Å²) in [6.45, 7) is 1.97. The molecule has 0 bridgehead atoms. The highest BCUT2D eigenvalue weighted by Crippen LogP contribution is 2.17. The van der Waals surface area contributed by atoms with Crippen LogP contribution in [0.25, 0.3) is 0 Å². The Morgan fingerprint density at radius 2 is 2.06 bits per heavy atom. The number of carbonyl (C=O) groups excluding carboxylic acids is 1. The third-order valence-electron chi connectivity index (χ3n) is 2.12. The van der Waals surface area contributed by atoms with Crippen LogP contribution in [0.2, 0.25) is 0 Å². The number of nitrogens with zero attached hydrogens (tertiary/aromatic N) is 2. The minimum Gasteiger partial charge on any atom is -0.296 e. The van der Waals surface area contributed by atoms with Crippen LogP contribution in [-0.4, -0.2) is 16.1 Å². The van der Waals surface area contributed by atoms with E-state index >= 15 is 0 Å². The highest BCUT2D eigenvalue weighted by molar-refractivity contribution is 7.15. The molecule has 1 aromatic carbocycles. The molecule has 0 fully saturated rings. The summed E-state index contributed by atoms with van der Waals surface area (Å²) >= 11 is 6.88. The van der Waals surface area contributed by atoms with Crippen molar-refractivity contribution in [3.63, 3.8) is 0 Å². The fourth-order valence-electron chi connectivity index (χ4n) is 1.23. The number of alkyl halides is 1. The van der Waals surface area contributed by atoms with Crippen molar-refractivity contribution in [3.8, 4) is 0 Å². The third kappa shape index (κ3) is 3.01. The molecule has 1 heterocycles. The molecule has 4 nitrogen and oxygen atoms in total. The topological polar surface area (TPSA) is 54.9 Å². The fraction of sp³-hybridized carbons (Fsp3) is 0.182. The van der Waals surface area contributed by atoms with Crippen molar-refractivity contribution in [1.82, 2.24) is 10.2 Å². The molecule has 0 aliphatic rings. The Hall–Kier alpha value is -1.46. The first-order chi connectivity index (χ1) is 8.19. The van der Waals surface area contributed by atoms with Crippen LogP contribution in [-0.2, 0) is 5.88 Å². The van der Waals surface area contributed by atoms with Crippen LogP contribution >= 0.6 is 22.9 Å². The molecule has 2 rings (SSSR count). The second-order valence-electron chi connectivity index (χ2n) is 3.45. The van der Waals surface area contributed by atoms with E-state index < -0.39 is 0 Å². The lowest BCUT2D eigenvalue weighted by Crippen LogP contribution is -2.11. The molecule has 6 heteroatoms. The van der Waals surface area contributed by atoms with E-state index in [0.29, 0.717) is 21.6 Å².